The molecule has 3 nitrogen and oxygen atoms in total. The van der Waals surface area contributed by atoms with Crippen LogP contribution in [0.15, 0.2) is 18.2 Å². The highest BCUT2D eigenvalue weighted by Gasteiger charge is 2.49. The van der Waals surface area contributed by atoms with Crippen LogP contribution in [-0.2, 0) is 10.1 Å². The summed E-state index contributed by atoms with van der Waals surface area (Å²) < 4.78 is 65.8. The molecule has 0 bridgehead atoms. The highest BCUT2D eigenvalue weighted by molar-refractivity contribution is 7.88. The Morgan fingerprint density at radius 2 is 1.46 bits per heavy atom. The van der Waals surface area contributed by atoms with Crippen LogP contribution in [0.4, 0.5) is 13.2 Å². The summed E-state index contributed by atoms with van der Waals surface area (Å²) >= 11 is 12.5. The predicted octanol–water partition coefficient (Wildman–Crippen LogP) is 6.12. The van der Waals surface area contributed by atoms with Gasteiger partial charge in [-0.3, -0.25) is 0 Å². The molecular formula is C17H15Cl2F3O3S. The van der Waals surface area contributed by atoms with E-state index in [-0.39, 0.29) is 5.56 Å². The zero-order valence-electron chi connectivity index (χ0n) is 14.3. The molecule has 0 N–H and O–H groups in total. The van der Waals surface area contributed by atoms with Gasteiger partial charge in [0, 0.05) is 15.6 Å². The van der Waals surface area contributed by atoms with Crippen LogP contribution in [-0.4, -0.2) is 13.9 Å². The lowest BCUT2D eigenvalue weighted by atomic mass is 9.93. The quantitative estimate of drug-likeness (QED) is 0.438. The molecule has 0 unspecified atom stereocenters. The van der Waals surface area contributed by atoms with Gasteiger partial charge in [0.2, 0.25) is 0 Å². The number of benzene rings is 2. The molecule has 2 rings (SSSR count). The van der Waals surface area contributed by atoms with Crippen molar-refractivity contribution in [1.82, 2.24) is 0 Å². The van der Waals surface area contributed by atoms with E-state index < -0.39 is 21.4 Å². The van der Waals surface area contributed by atoms with Crippen LogP contribution in [0.1, 0.15) is 22.3 Å². The largest absolute Gasteiger partial charge is 0.534 e. The van der Waals surface area contributed by atoms with Crippen LogP contribution in [0.2, 0.25) is 10.0 Å². The van der Waals surface area contributed by atoms with Gasteiger partial charge in [-0.1, -0.05) is 35.3 Å². The number of hydrogen-bond acceptors (Lipinski definition) is 3. The molecule has 0 radical (unpaired) electrons. The van der Waals surface area contributed by atoms with Crippen LogP contribution >= 0.6 is 23.2 Å². The van der Waals surface area contributed by atoms with Gasteiger partial charge in [0.05, 0.1) is 0 Å². The zero-order chi connectivity index (χ0) is 20.0. The second kappa shape index (κ2) is 6.94. The van der Waals surface area contributed by atoms with Crippen molar-refractivity contribution in [2.75, 3.05) is 0 Å². The molecule has 0 spiro atoms. The molecule has 9 heteroatoms. The van der Waals surface area contributed by atoms with Gasteiger partial charge in [-0.15, -0.1) is 0 Å². The summed E-state index contributed by atoms with van der Waals surface area (Å²) in [6.07, 6.45) is 0. The van der Waals surface area contributed by atoms with Crippen LogP contribution in [0, 0.1) is 27.7 Å². The number of hydrogen-bond donors (Lipinski definition) is 0. The van der Waals surface area contributed by atoms with E-state index in [4.69, 9.17) is 23.2 Å². The topological polar surface area (TPSA) is 43.4 Å². The fourth-order valence-corrected chi connectivity index (χ4v) is 3.36. The highest BCUT2D eigenvalue weighted by atomic mass is 35.5. The standard InChI is InChI=1S/C17H15Cl2F3O3S/c1-8-5-6-12(10(3)15(8)18)14-11(4)16(19)9(2)7-13(14)25-26(23,24)17(20,21)22/h5-7H,1-4H3. The van der Waals surface area contributed by atoms with Gasteiger partial charge >= 0.3 is 15.6 Å². The fourth-order valence-electron chi connectivity index (χ4n) is 2.58. The molecule has 0 saturated carbocycles. The van der Waals surface area contributed by atoms with Crippen LogP contribution in [0.3, 0.4) is 0 Å². The van der Waals surface area contributed by atoms with Crippen molar-refractivity contribution in [3.63, 3.8) is 0 Å². The van der Waals surface area contributed by atoms with Gasteiger partial charge in [-0.2, -0.15) is 21.6 Å². The molecule has 26 heavy (non-hydrogen) atoms. The predicted molar refractivity (Wildman–Crippen MR) is 96.4 cm³/mol. The molecule has 0 heterocycles. The first-order valence-electron chi connectivity index (χ1n) is 7.34. The van der Waals surface area contributed by atoms with Gasteiger partial charge in [-0.25, -0.2) is 0 Å². The summed E-state index contributed by atoms with van der Waals surface area (Å²) in [5.74, 6) is -0.454. The summed E-state index contributed by atoms with van der Waals surface area (Å²) in [4.78, 5) is 0. The van der Waals surface area contributed by atoms with Crippen molar-refractivity contribution in [3.05, 3.63) is 50.5 Å². The van der Waals surface area contributed by atoms with E-state index in [9.17, 15) is 21.6 Å². The zero-order valence-corrected chi connectivity index (χ0v) is 16.6. The van der Waals surface area contributed by atoms with E-state index in [2.05, 4.69) is 4.18 Å². The lowest BCUT2D eigenvalue weighted by Gasteiger charge is -2.19. The monoisotopic (exact) mass is 426 g/mol. The summed E-state index contributed by atoms with van der Waals surface area (Å²) in [5, 5.41) is 0.719. The second-order valence-electron chi connectivity index (χ2n) is 5.86. The minimum absolute atomic E-state index is 0.146. The molecule has 2 aromatic carbocycles. The number of rotatable bonds is 3. The Labute approximate surface area is 159 Å². The SMILES string of the molecule is Cc1ccc(-c2c(OS(=O)(=O)C(F)(F)F)cc(C)c(Cl)c2C)c(C)c1Cl. The Morgan fingerprint density at radius 1 is 0.923 bits per heavy atom. The maximum atomic E-state index is 12.8. The molecule has 0 amide bonds. The maximum absolute atomic E-state index is 12.8. The second-order valence-corrected chi connectivity index (χ2v) is 8.15. The number of halogens is 5. The van der Waals surface area contributed by atoms with Crippen molar-refractivity contribution in [2.24, 2.45) is 0 Å². The number of aryl methyl sites for hydroxylation is 2. The lowest BCUT2D eigenvalue weighted by molar-refractivity contribution is -0.0499. The van der Waals surface area contributed by atoms with E-state index in [1.165, 1.54) is 6.07 Å². The smallest absolute Gasteiger partial charge is 0.375 e. The summed E-state index contributed by atoms with van der Waals surface area (Å²) in [5.41, 5.74) is -2.84. The van der Waals surface area contributed by atoms with Crippen molar-refractivity contribution in [2.45, 2.75) is 33.2 Å². The Morgan fingerprint density at radius 3 is 2.00 bits per heavy atom. The molecule has 0 fully saturated rings. The van der Waals surface area contributed by atoms with Crippen LogP contribution in [0.25, 0.3) is 11.1 Å². The van der Waals surface area contributed by atoms with Gasteiger partial charge in [0.25, 0.3) is 0 Å². The van der Waals surface area contributed by atoms with E-state index in [1.54, 1.807) is 39.8 Å². The van der Waals surface area contributed by atoms with Crippen molar-refractivity contribution >= 4 is 33.3 Å². The summed E-state index contributed by atoms with van der Waals surface area (Å²) in [6.45, 7) is 6.58. The van der Waals surface area contributed by atoms with E-state index in [0.29, 0.717) is 32.3 Å². The van der Waals surface area contributed by atoms with Crippen molar-refractivity contribution < 1.29 is 25.8 Å². The average molecular weight is 427 g/mol. The van der Waals surface area contributed by atoms with Gasteiger partial charge in [-0.05, 0) is 61.6 Å². The summed E-state index contributed by atoms with van der Waals surface area (Å²) in [6, 6.07) is 4.48. The van der Waals surface area contributed by atoms with Crippen LogP contribution < -0.4 is 4.18 Å². The van der Waals surface area contributed by atoms with Crippen LogP contribution in [0.5, 0.6) is 5.75 Å². The first-order chi connectivity index (χ1) is 11.8. The Bertz CT molecular complexity index is 984. The van der Waals surface area contributed by atoms with Gasteiger partial charge < -0.3 is 4.18 Å². The van der Waals surface area contributed by atoms with E-state index >= 15 is 0 Å². The average Bonchev–Trinajstić information content (AvgIpc) is 2.51. The molecular weight excluding hydrogens is 412 g/mol. The maximum Gasteiger partial charge on any atom is 0.534 e. The minimum atomic E-state index is -5.83. The van der Waals surface area contributed by atoms with Crippen molar-refractivity contribution in [3.8, 4) is 16.9 Å². The third-order valence-electron chi connectivity index (χ3n) is 3.98. The molecule has 0 aliphatic heterocycles. The van der Waals surface area contributed by atoms with Crippen molar-refractivity contribution in [1.29, 1.82) is 0 Å². The summed E-state index contributed by atoms with van der Waals surface area (Å²) in [7, 11) is -5.83. The van der Waals surface area contributed by atoms with E-state index in [1.807, 2.05) is 0 Å². The fraction of sp³-hybridized carbons (Fsp3) is 0.294. The van der Waals surface area contributed by atoms with Gasteiger partial charge in [0.15, 0.2) is 5.75 Å². The highest BCUT2D eigenvalue weighted by Crippen LogP contribution is 2.43. The molecule has 0 saturated heterocycles. The molecule has 2 aromatic rings. The molecule has 0 aliphatic carbocycles. The molecule has 0 aliphatic rings. The molecule has 0 aromatic heterocycles. The first kappa shape index (κ1) is 20.9. The molecule has 0 atom stereocenters. The van der Waals surface area contributed by atoms with E-state index in [0.717, 1.165) is 5.56 Å². The molecule has 142 valence electrons. The first-order valence-corrected chi connectivity index (χ1v) is 9.51. The van der Waals surface area contributed by atoms with Gasteiger partial charge in [0.1, 0.15) is 0 Å². The third-order valence-corrected chi connectivity index (χ3v) is 6.11. The normalized spacial score (nSPS) is 12.3. The minimum Gasteiger partial charge on any atom is -0.375 e. The Kier molecular flexibility index (Phi) is 5.57. The third kappa shape index (κ3) is 3.66. The lowest BCUT2D eigenvalue weighted by Crippen LogP contribution is -2.28. The number of alkyl halides is 3. The Hall–Kier alpha value is -1.44. The Balaban J connectivity index is 2.82.